The molecule has 114 valence electrons. The number of nitrogens with zero attached hydrogens (tertiary/aromatic N) is 2. The maximum atomic E-state index is 12.0. The zero-order valence-electron chi connectivity index (χ0n) is 12.4. The molecule has 2 aliphatic heterocycles. The molecule has 0 N–H and O–H groups in total. The maximum Gasteiger partial charge on any atom is 0.410 e. The van der Waals surface area contributed by atoms with Crippen molar-refractivity contribution in [3.05, 3.63) is 0 Å². The second-order valence-electron chi connectivity index (χ2n) is 6.89. The molecule has 1 spiro atoms. The van der Waals surface area contributed by atoms with E-state index in [0.717, 1.165) is 45.4 Å². The van der Waals surface area contributed by atoms with Crippen LogP contribution in [0.1, 0.15) is 40.0 Å². The van der Waals surface area contributed by atoms with Crippen LogP contribution in [0.3, 0.4) is 0 Å². The molecule has 0 atom stereocenters. The molecule has 5 nitrogen and oxygen atoms in total. The zero-order chi connectivity index (χ0) is 15.0. The third-order valence-corrected chi connectivity index (χ3v) is 4.85. The number of carbonyl (C=O) groups excluding carboxylic acids is 2. The number of rotatable bonds is 0. The van der Waals surface area contributed by atoms with Crippen LogP contribution in [-0.4, -0.2) is 51.6 Å². The van der Waals surface area contributed by atoms with E-state index in [0.29, 0.717) is 0 Å². The van der Waals surface area contributed by atoms with Gasteiger partial charge in [-0.1, -0.05) is 0 Å². The maximum absolute atomic E-state index is 12.0. The first kappa shape index (κ1) is 15.9. The van der Waals surface area contributed by atoms with Gasteiger partial charge in [0.15, 0.2) is 0 Å². The van der Waals surface area contributed by atoms with Crippen molar-refractivity contribution in [2.45, 2.75) is 45.6 Å². The van der Waals surface area contributed by atoms with Crippen molar-refractivity contribution in [2.75, 3.05) is 26.2 Å². The van der Waals surface area contributed by atoms with Gasteiger partial charge in [0.1, 0.15) is 5.60 Å². The molecule has 0 saturated carbocycles. The average Bonchev–Trinajstić information content (AvgIpc) is 2.72. The first-order chi connectivity index (χ1) is 9.21. The molecule has 0 bridgehead atoms. The van der Waals surface area contributed by atoms with Gasteiger partial charge in [-0.25, -0.2) is 4.79 Å². The van der Waals surface area contributed by atoms with E-state index in [1.165, 1.54) is 0 Å². The predicted octanol–water partition coefficient (Wildman–Crippen LogP) is 3.26. The molecule has 6 heteroatoms. The summed E-state index contributed by atoms with van der Waals surface area (Å²) in [5.41, 5.74) is -0.219. The molecule has 2 fully saturated rings. The second kappa shape index (κ2) is 5.69. The standard InChI is InChI=1S/C14H23IN2O3/c1-13(2,3)20-12(19)16-7-4-14(5-8-16)6-9-17(10-14)11(15)18/h4-10H2,1-3H3. The summed E-state index contributed by atoms with van der Waals surface area (Å²) in [4.78, 5) is 27.2. The molecule has 2 saturated heterocycles. The van der Waals surface area contributed by atoms with Crippen molar-refractivity contribution in [3.63, 3.8) is 0 Å². The quantitative estimate of drug-likeness (QED) is 0.360. The highest BCUT2D eigenvalue weighted by Crippen LogP contribution is 2.41. The fourth-order valence-corrected chi connectivity index (χ4v) is 3.40. The van der Waals surface area contributed by atoms with E-state index in [1.807, 2.05) is 48.3 Å². The van der Waals surface area contributed by atoms with E-state index >= 15 is 0 Å². The van der Waals surface area contributed by atoms with Crippen LogP contribution in [0.5, 0.6) is 0 Å². The Morgan fingerprint density at radius 2 is 1.55 bits per heavy atom. The van der Waals surface area contributed by atoms with E-state index in [4.69, 9.17) is 4.74 Å². The fourth-order valence-electron chi connectivity index (χ4n) is 2.98. The van der Waals surface area contributed by atoms with E-state index in [-0.39, 0.29) is 15.4 Å². The molecule has 2 amide bonds. The van der Waals surface area contributed by atoms with Gasteiger partial charge in [-0.15, -0.1) is 0 Å². The van der Waals surface area contributed by atoms with Crippen LogP contribution >= 0.6 is 22.6 Å². The average molecular weight is 394 g/mol. The van der Waals surface area contributed by atoms with Gasteiger partial charge in [0.05, 0.1) is 0 Å². The van der Waals surface area contributed by atoms with Crippen molar-refractivity contribution >= 4 is 32.6 Å². The smallest absolute Gasteiger partial charge is 0.410 e. The van der Waals surface area contributed by atoms with Crippen LogP contribution < -0.4 is 0 Å². The van der Waals surface area contributed by atoms with Gasteiger partial charge in [-0.2, -0.15) is 0 Å². The minimum absolute atomic E-state index is 0.133. The summed E-state index contributed by atoms with van der Waals surface area (Å²) in [5, 5.41) is 0. The Labute approximate surface area is 134 Å². The molecule has 2 aliphatic rings. The van der Waals surface area contributed by atoms with E-state index in [2.05, 4.69) is 0 Å². The Kier molecular flexibility index (Phi) is 4.51. The Morgan fingerprint density at radius 3 is 1.95 bits per heavy atom. The molecule has 20 heavy (non-hydrogen) atoms. The normalized spacial score (nSPS) is 22.2. The summed E-state index contributed by atoms with van der Waals surface area (Å²) in [5.74, 6) is 0. The van der Waals surface area contributed by atoms with E-state index in [9.17, 15) is 9.59 Å². The van der Waals surface area contributed by atoms with Crippen LogP contribution in [0.4, 0.5) is 9.59 Å². The molecule has 0 aromatic heterocycles. The van der Waals surface area contributed by atoms with E-state index in [1.54, 1.807) is 4.90 Å². The Morgan fingerprint density at radius 1 is 1.05 bits per heavy atom. The van der Waals surface area contributed by atoms with Gasteiger partial charge in [0.2, 0.25) is 0 Å². The van der Waals surface area contributed by atoms with Gasteiger partial charge < -0.3 is 14.5 Å². The zero-order valence-corrected chi connectivity index (χ0v) is 14.6. The summed E-state index contributed by atoms with van der Waals surface area (Å²) in [6.45, 7) is 8.83. The van der Waals surface area contributed by atoms with Crippen LogP contribution in [0.15, 0.2) is 0 Å². The number of piperidine rings is 1. The van der Waals surface area contributed by atoms with Crippen LogP contribution in [0, 0.1) is 5.41 Å². The lowest BCUT2D eigenvalue weighted by Crippen LogP contribution is -2.46. The number of hydrogen-bond acceptors (Lipinski definition) is 3. The molecule has 2 heterocycles. The lowest BCUT2D eigenvalue weighted by molar-refractivity contribution is 0.0113. The lowest BCUT2D eigenvalue weighted by Gasteiger charge is -2.39. The largest absolute Gasteiger partial charge is 0.444 e. The summed E-state index contributed by atoms with van der Waals surface area (Å²) in [6.07, 6.45) is 2.77. The minimum atomic E-state index is -0.440. The van der Waals surface area contributed by atoms with Crippen molar-refractivity contribution in [1.29, 1.82) is 0 Å². The first-order valence-electron chi connectivity index (χ1n) is 7.13. The number of likely N-dealkylation sites (tertiary alicyclic amines) is 2. The third kappa shape index (κ3) is 3.77. The minimum Gasteiger partial charge on any atom is -0.444 e. The molecular formula is C14H23IN2O3. The molecule has 0 radical (unpaired) electrons. The highest BCUT2D eigenvalue weighted by Gasteiger charge is 2.42. The van der Waals surface area contributed by atoms with Crippen molar-refractivity contribution in [1.82, 2.24) is 9.80 Å². The number of hydrogen-bond donors (Lipinski definition) is 0. The topological polar surface area (TPSA) is 49.9 Å². The SMILES string of the molecule is CC(C)(C)OC(=O)N1CCC2(CCN(C(=O)I)C2)CC1. The highest BCUT2D eigenvalue weighted by atomic mass is 127. The van der Waals surface area contributed by atoms with Gasteiger partial charge in [0, 0.05) is 48.8 Å². The van der Waals surface area contributed by atoms with Crippen LogP contribution in [0.25, 0.3) is 0 Å². The third-order valence-electron chi connectivity index (χ3n) is 4.16. The molecule has 0 aromatic carbocycles. The predicted molar refractivity (Wildman–Crippen MR) is 85.1 cm³/mol. The molecular weight excluding hydrogens is 371 g/mol. The summed E-state index contributed by atoms with van der Waals surface area (Å²) in [7, 11) is 0. The van der Waals surface area contributed by atoms with Crippen LogP contribution in [-0.2, 0) is 4.74 Å². The Hall–Kier alpha value is -0.530. The van der Waals surface area contributed by atoms with Crippen molar-refractivity contribution < 1.29 is 14.3 Å². The number of amides is 2. The summed E-state index contributed by atoms with van der Waals surface area (Å²) < 4.78 is 5.54. The van der Waals surface area contributed by atoms with Crippen molar-refractivity contribution in [3.8, 4) is 0 Å². The fraction of sp³-hybridized carbons (Fsp3) is 0.857. The number of ether oxygens (including phenoxy) is 1. The summed E-state index contributed by atoms with van der Waals surface area (Å²) >= 11 is 1.86. The molecule has 0 aromatic rings. The number of carbonyl (C=O) groups is 2. The lowest BCUT2D eigenvalue weighted by atomic mass is 9.78. The highest BCUT2D eigenvalue weighted by molar-refractivity contribution is 14.1. The second-order valence-corrected chi connectivity index (χ2v) is 7.81. The molecule has 0 unspecified atom stereocenters. The summed E-state index contributed by atoms with van der Waals surface area (Å²) in [6, 6.07) is 0. The monoisotopic (exact) mass is 394 g/mol. The number of halogens is 1. The molecule has 2 rings (SSSR count). The van der Waals surface area contributed by atoms with Crippen LogP contribution in [0.2, 0.25) is 0 Å². The van der Waals surface area contributed by atoms with Gasteiger partial charge in [-0.3, -0.25) is 4.79 Å². The van der Waals surface area contributed by atoms with Gasteiger partial charge >= 0.3 is 6.09 Å². The molecule has 0 aliphatic carbocycles. The van der Waals surface area contributed by atoms with Gasteiger partial charge in [-0.05, 0) is 45.4 Å². The first-order valence-corrected chi connectivity index (χ1v) is 8.21. The Balaban J connectivity index is 1.87. The van der Waals surface area contributed by atoms with Gasteiger partial charge in [0.25, 0.3) is 3.91 Å². The van der Waals surface area contributed by atoms with Crippen molar-refractivity contribution in [2.24, 2.45) is 5.41 Å². The van der Waals surface area contributed by atoms with E-state index < -0.39 is 5.60 Å². The Bertz CT molecular complexity index is 398.